The standard InChI is InChI=1S/C19H16FN3O2S/c1-11-8-13(5-4-12(11)10-21)22-17(25)19(2,3)23(18(22)26)14-6-7-16(24)15(20)9-14/h4-9,24H,1-3H3. The second-order valence-corrected chi connectivity index (χ2v) is 6.93. The third-order valence-electron chi connectivity index (χ3n) is 4.45. The van der Waals surface area contributed by atoms with Crippen LogP contribution in [0.15, 0.2) is 36.4 Å². The first-order valence-corrected chi connectivity index (χ1v) is 8.27. The highest BCUT2D eigenvalue weighted by molar-refractivity contribution is 7.81. The molecule has 0 bridgehead atoms. The Bertz CT molecular complexity index is 981. The highest BCUT2D eigenvalue weighted by Gasteiger charge is 2.50. The van der Waals surface area contributed by atoms with Crippen LogP contribution in [0, 0.1) is 24.1 Å². The zero-order chi connectivity index (χ0) is 19.2. The molecule has 1 fully saturated rings. The maximum Gasteiger partial charge on any atom is 0.259 e. The van der Waals surface area contributed by atoms with Gasteiger partial charge < -0.3 is 10.0 Å². The fourth-order valence-electron chi connectivity index (χ4n) is 3.00. The molecule has 3 rings (SSSR count). The van der Waals surface area contributed by atoms with Gasteiger partial charge in [0.25, 0.3) is 5.91 Å². The number of anilines is 2. The van der Waals surface area contributed by atoms with Crippen LogP contribution in [0.4, 0.5) is 15.8 Å². The number of amides is 1. The lowest BCUT2D eigenvalue weighted by atomic mass is 10.0. The smallest absolute Gasteiger partial charge is 0.259 e. The van der Waals surface area contributed by atoms with Gasteiger partial charge >= 0.3 is 0 Å². The Morgan fingerprint density at radius 2 is 1.85 bits per heavy atom. The molecule has 0 unspecified atom stereocenters. The molecule has 2 aromatic rings. The molecule has 0 spiro atoms. The van der Waals surface area contributed by atoms with Crippen LogP contribution in [0.2, 0.25) is 0 Å². The average Bonchev–Trinajstić information content (AvgIpc) is 2.75. The van der Waals surface area contributed by atoms with Crippen molar-refractivity contribution in [2.45, 2.75) is 26.3 Å². The molecule has 0 aliphatic carbocycles. The van der Waals surface area contributed by atoms with Gasteiger partial charge in [0.1, 0.15) is 5.54 Å². The molecule has 1 aliphatic heterocycles. The molecule has 1 amide bonds. The lowest BCUT2D eigenvalue weighted by Crippen LogP contribution is -2.44. The highest BCUT2D eigenvalue weighted by Crippen LogP contribution is 2.37. The summed E-state index contributed by atoms with van der Waals surface area (Å²) < 4.78 is 13.8. The summed E-state index contributed by atoms with van der Waals surface area (Å²) in [6.07, 6.45) is 0. The van der Waals surface area contributed by atoms with Gasteiger partial charge in [0.15, 0.2) is 16.7 Å². The first kappa shape index (κ1) is 17.8. The van der Waals surface area contributed by atoms with Crippen molar-refractivity contribution in [1.29, 1.82) is 5.26 Å². The SMILES string of the molecule is Cc1cc(N2C(=O)C(C)(C)N(c3ccc(O)c(F)c3)C2=S)ccc1C#N. The maximum absolute atomic E-state index is 13.8. The summed E-state index contributed by atoms with van der Waals surface area (Å²) >= 11 is 5.51. The van der Waals surface area contributed by atoms with E-state index in [4.69, 9.17) is 17.5 Å². The van der Waals surface area contributed by atoms with E-state index in [0.717, 1.165) is 11.6 Å². The van der Waals surface area contributed by atoms with Crippen molar-refractivity contribution in [2.24, 2.45) is 0 Å². The van der Waals surface area contributed by atoms with Crippen molar-refractivity contribution in [3.63, 3.8) is 0 Å². The van der Waals surface area contributed by atoms with E-state index in [9.17, 15) is 14.3 Å². The van der Waals surface area contributed by atoms with Gasteiger partial charge in [-0.05, 0) is 68.9 Å². The predicted octanol–water partition coefficient (Wildman–Crippen LogP) is 3.63. The Labute approximate surface area is 155 Å². The van der Waals surface area contributed by atoms with E-state index in [-0.39, 0.29) is 11.0 Å². The van der Waals surface area contributed by atoms with Crippen LogP contribution >= 0.6 is 12.2 Å². The molecular formula is C19H16FN3O2S. The summed E-state index contributed by atoms with van der Waals surface area (Å²) in [7, 11) is 0. The minimum absolute atomic E-state index is 0.203. The number of aryl methyl sites for hydroxylation is 1. The second-order valence-electron chi connectivity index (χ2n) is 6.56. The number of halogens is 1. The number of rotatable bonds is 2. The highest BCUT2D eigenvalue weighted by atomic mass is 32.1. The number of carbonyl (C=O) groups excluding carboxylic acids is 1. The summed E-state index contributed by atoms with van der Waals surface area (Å²) in [6, 6.07) is 11.0. The molecule has 0 aromatic heterocycles. The van der Waals surface area contributed by atoms with E-state index >= 15 is 0 Å². The van der Waals surface area contributed by atoms with Crippen molar-refractivity contribution in [2.75, 3.05) is 9.80 Å². The normalized spacial score (nSPS) is 16.1. The lowest BCUT2D eigenvalue weighted by molar-refractivity contribution is -0.120. The number of phenolic OH excluding ortho intramolecular Hbond substituents is 1. The number of benzene rings is 2. The van der Waals surface area contributed by atoms with Crippen LogP contribution in [-0.4, -0.2) is 21.7 Å². The zero-order valence-corrected chi connectivity index (χ0v) is 15.3. The van der Waals surface area contributed by atoms with Crippen LogP contribution in [0.5, 0.6) is 5.75 Å². The topological polar surface area (TPSA) is 67.6 Å². The van der Waals surface area contributed by atoms with Crippen molar-refractivity contribution < 1.29 is 14.3 Å². The lowest BCUT2D eigenvalue weighted by Gasteiger charge is -2.29. The van der Waals surface area contributed by atoms with E-state index < -0.39 is 17.1 Å². The monoisotopic (exact) mass is 369 g/mol. The van der Waals surface area contributed by atoms with Crippen LogP contribution in [0.25, 0.3) is 0 Å². The molecule has 1 aliphatic rings. The molecule has 132 valence electrons. The van der Waals surface area contributed by atoms with E-state index in [1.165, 1.54) is 17.0 Å². The van der Waals surface area contributed by atoms with Crippen molar-refractivity contribution >= 4 is 34.6 Å². The Kier molecular flexibility index (Phi) is 4.17. The molecule has 0 radical (unpaired) electrons. The maximum atomic E-state index is 13.8. The average molecular weight is 369 g/mol. The summed E-state index contributed by atoms with van der Waals surface area (Å²) in [5.74, 6) is -1.52. The van der Waals surface area contributed by atoms with Gasteiger partial charge in [0.2, 0.25) is 0 Å². The van der Waals surface area contributed by atoms with E-state index in [1.54, 1.807) is 43.9 Å². The molecule has 5 nitrogen and oxygen atoms in total. The van der Waals surface area contributed by atoms with Crippen molar-refractivity contribution in [3.05, 3.63) is 53.3 Å². The molecule has 1 heterocycles. The Morgan fingerprint density at radius 1 is 1.19 bits per heavy atom. The zero-order valence-electron chi connectivity index (χ0n) is 14.4. The molecule has 0 atom stereocenters. The quantitative estimate of drug-likeness (QED) is 0.819. The van der Waals surface area contributed by atoms with E-state index in [2.05, 4.69) is 6.07 Å². The number of nitriles is 1. The van der Waals surface area contributed by atoms with Gasteiger partial charge in [-0.1, -0.05) is 0 Å². The van der Waals surface area contributed by atoms with Crippen LogP contribution < -0.4 is 9.80 Å². The van der Waals surface area contributed by atoms with E-state index in [1.807, 2.05) is 0 Å². The summed E-state index contributed by atoms with van der Waals surface area (Å²) in [4.78, 5) is 16.0. The Balaban J connectivity index is 2.09. The first-order valence-electron chi connectivity index (χ1n) is 7.86. The fourth-order valence-corrected chi connectivity index (χ4v) is 3.53. The van der Waals surface area contributed by atoms with Crippen LogP contribution in [0.1, 0.15) is 25.0 Å². The van der Waals surface area contributed by atoms with Gasteiger partial charge in [0.05, 0.1) is 17.3 Å². The molecular weight excluding hydrogens is 353 g/mol. The van der Waals surface area contributed by atoms with Gasteiger partial charge in [-0.25, -0.2) is 4.39 Å². The third-order valence-corrected chi connectivity index (χ3v) is 4.81. The fraction of sp³-hybridized carbons (Fsp3) is 0.211. The number of hydrogen-bond donors (Lipinski definition) is 1. The van der Waals surface area contributed by atoms with Crippen LogP contribution in [-0.2, 0) is 4.79 Å². The molecule has 1 saturated heterocycles. The largest absolute Gasteiger partial charge is 0.505 e. The summed E-state index contributed by atoms with van der Waals surface area (Å²) in [5, 5.41) is 18.7. The number of thiocarbonyl (C=S) groups is 1. The summed E-state index contributed by atoms with van der Waals surface area (Å²) in [6.45, 7) is 5.18. The number of hydrogen-bond acceptors (Lipinski definition) is 4. The van der Waals surface area contributed by atoms with Crippen molar-refractivity contribution in [1.82, 2.24) is 0 Å². The summed E-state index contributed by atoms with van der Waals surface area (Å²) in [5.41, 5.74) is 1.13. The number of nitrogens with zero attached hydrogens (tertiary/aromatic N) is 3. The van der Waals surface area contributed by atoms with Gasteiger partial charge in [-0.3, -0.25) is 9.69 Å². The predicted molar refractivity (Wildman–Crippen MR) is 101 cm³/mol. The van der Waals surface area contributed by atoms with Crippen molar-refractivity contribution in [3.8, 4) is 11.8 Å². The van der Waals surface area contributed by atoms with Gasteiger partial charge in [-0.2, -0.15) is 5.26 Å². The molecule has 7 heteroatoms. The Morgan fingerprint density at radius 3 is 2.42 bits per heavy atom. The first-order chi connectivity index (χ1) is 12.2. The van der Waals surface area contributed by atoms with Gasteiger partial charge in [-0.15, -0.1) is 0 Å². The minimum atomic E-state index is -1.04. The molecule has 1 N–H and O–H groups in total. The van der Waals surface area contributed by atoms with Gasteiger partial charge in [0, 0.05) is 11.8 Å². The van der Waals surface area contributed by atoms with E-state index in [0.29, 0.717) is 16.9 Å². The van der Waals surface area contributed by atoms with Crippen LogP contribution in [0.3, 0.4) is 0 Å². The second kappa shape index (κ2) is 6.07. The number of carbonyl (C=O) groups is 1. The number of aromatic hydroxyl groups is 1. The molecule has 0 saturated carbocycles. The molecule has 26 heavy (non-hydrogen) atoms. The number of phenols is 1. The molecule has 2 aromatic carbocycles. The minimum Gasteiger partial charge on any atom is -0.505 e. The third kappa shape index (κ3) is 2.59. The Hall–Kier alpha value is -2.98.